The highest BCUT2D eigenvalue weighted by molar-refractivity contribution is 5.15. The molecule has 96 valence electrons. The molecule has 0 aromatic carbocycles. The average Bonchev–Trinajstić information content (AvgIpc) is 2.39. The minimum atomic E-state index is 0.218. The lowest BCUT2D eigenvalue weighted by atomic mass is 9.99. The number of ether oxygens (including phenoxy) is 1. The Kier molecular flexibility index (Phi) is 6.82. The lowest BCUT2D eigenvalue weighted by Crippen LogP contribution is -2.33. The molecule has 0 bridgehead atoms. The largest absolute Gasteiger partial charge is 0.379 e. The van der Waals surface area contributed by atoms with E-state index in [0.29, 0.717) is 0 Å². The van der Waals surface area contributed by atoms with Gasteiger partial charge in [0.05, 0.1) is 12.1 Å². The fourth-order valence-electron chi connectivity index (χ4n) is 2.03. The van der Waals surface area contributed by atoms with E-state index < -0.39 is 0 Å². The third-order valence-corrected chi connectivity index (χ3v) is 2.91. The van der Waals surface area contributed by atoms with Gasteiger partial charge in [-0.25, -0.2) is 0 Å². The molecule has 1 aromatic heterocycles. The summed E-state index contributed by atoms with van der Waals surface area (Å²) in [5, 5.41) is 3.56. The van der Waals surface area contributed by atoms with Crippen molar-refractivity contribution in [2.24, 2.45) is 0 Å². The Bertz CT molecular complexity index is 290. The van der Waals surface area contributed by atoms with Crippen LogP contribution >= 0.6 is 0 Å². The third-order valence-electron chi connectivity index (χ3n) is 2.91. The van der Waals surface area contributed by atoms with Gasteiger partial charge < -0.3 is 10.1 Å². The summed E-state index contributed by atoms with van der Waals surface area (Å²) < 4.78 is 5.61. The Balaban J connectivity index is 2.78. The zero-order chi connectivity index (χ0) is 12.5. The number of methoxy groups -OCH3 is 1. The summed E-state index contributed by atoms with van der Waals surface area (Å²) in [6.07, 6.45) is 7.27. The molecular weight excluding hydrogens is 212 g/mol. The molecule has 1 heterocycles. The second-order valence-corrected chi connectivity index (χ2v) is 4.28. The molecule has 0 saturated carbocycles. The molecule has 1 N–H and O–H groups in total. The van der Waals surface area contributed by atoms with Crippen LogP contribution in [0.25, 0.3) is 0 Å². The molecule has 0 aliphatic carbocycles. The topological polar surface area (TPSA) is 34.2 Å². The van der Waals surface area contributed by atoms with Gasteiger partial charge >= 0.3 is 0 Å². The van der Waals surface area contributed by atoms with E-state index >= 15 is 0 Å². The minimum absolute atomic E-state index is 0.218. The second-order valence-electron chi connectivity index (χ2n) is 4.28. The number of aromatic nitrogens is 1. The van der Waals surface area contributed by atoms with Gasteiger partial charge in [-0.2, -0.15) is 0 Å². The summed E-state index contributed by atoms with van der Waals surface area (Å²) in [5.41, 5.74) is 1.21. The number of hydrogen-bond acceptors (Lipinski definition) is 3. The highest BCUT2D eigenvalue weighted by atomic mass is 16.5. The predicted molar refractivity (Wildman–Crippen MR) is 71.0 cm³/mol. The summed E-state index contributed by atoms with van der Waals surface area (Å²) in [5.74, 6) is 0. The van der Waals surface area contributed by atoms with Gasteiger partial charge in [0.2, 0.25) is 0 Å². The lowest BCUT2D eigenvalue weighted by Gasteiger charge is -2.27. The minimum Gasteiger partial charge on any atom is -0.379 e. The van der Waals surface area contributed by atoms with Crippen molar-refractivity contribution in [2.45, 2.75) is 45.3 Å². The van der Waals surface area contributed by atoms with E-state index in [9.17, 15) is 0 Å². The monoisotopic (exact) mass is 236 g/mol. The first-order valence-corrected chi connectivity index (χ1v) is 6.49. The van der Waals surface area contributed by atoms with E-state index in [-0.39, 0.29) is 12.1 Å². The van der Waals surface area contributed by atoms with E-state index in [2.05, 4.69) is 30.2 Å². The van der Waals surface area contributed by atoms with E-state index in [1.54, 1.807) is 7.11 Å². The van der Waals surface area contributed by atoms with Gasteiger partial charge in [-0.05, 0) is 31.0 Å². The first-order chi connectivity index (χ1) is 8.33. The van der Waals surface area contributed by atoms with Crippen LogP contribution in [-0.4, -0.2) is 24.7 Å². The molecule has 2 atom stereocenters. The van der Waals surface area contributed by atoms with E-state index in [1.807, 2.05) is 18.5 Å². The summed E-state index contributed by atoms with van der Waals surface area (Å²) in [4.78, 5) is 4.19. The summed E-state index contributed by atoms with van der Waals surface area (Å²) in [7, 11) is 1.79. The van der Waals surface area contributed by atoms with Crippen molar-refractivity contribution in [3.8, 4) is 0 Å². The van der Waals surface area contributed by atoms with Crippen LogP contribution < -0.4 is 5.32 Å². The molecule has 0 spiro atoms. The van der Waals surface area contributed by atoms with Crippen LogP contribution in [0.5, 0.6) is 0 Å². The Morgan fingerprint density at radius 1 is 1.35 bits per heavy atom. The fourth-order valence-corrected chi connectivity index (χ4v) is 2.03. The van der Waals surface area contributed by atoms with Crippen molar-refractivity contribution in [3.63, 3.8) is 0 Å². The van der Waals surface area contributed by atoms with E-state index in [0.717, 1.165) is 25.8 Å². The van der Waals surface area contributed by atoms with Gasteiger partial charge in [-0.3, -0.25) is 4.98 Å². The van der Waals surface area contributed by atoms with Crippen LogP contribution in [0.2, 0.25) is 0 Å². The fraction of sp³-hybridized carbons (Fsp3) is 0.643. The first kappa shape index (κ1) is 14.1. The highest BCUT2D eigenvalue weighted by Gasteiger charge is 2.21. The van der Waals surface area contributed by atoms with Crippen LogP contribution in [0, 0.1) is 0 Å². The molecule has 1 aromatic rings. The van der Waals surface area contributed by atoms with E-state index in [1.165, 1.54) is 5.56 Å². The van der Waals surface area contributed by atoms with Gasteiger partial charge in [-0.15, -0.1) is 0 Å². The van der Waals surface area contributed by atoms with Crippen molar-refractivity contribution in [1.29, 1.82) is 0 Å². The van der Waals surface area contributed by atoms with Gasteiger partial charge in [-0.1, -0.05) is 26.3 Å². The van der Waals surface area contributed by atoms with Crippen molar-refractivity contribution < 1.29 is 4.74 Å². The Morgan fingerprint density at radius 2 is 2.18 bits per heavy atom. The molecule has 0 aliphatic heterocycles. The smallest absolute Gasteiger partial charge is 0.0766 e. The zero-order valence-corrected chi connectivity index (χ0v) is 11.1. The molecule has 0 fully saturated rings. The molecule has 0 aliphatic rings. The van der Waals surface area contributed by atoms with Crippen molar-refractivity contribution in [3.05, 3.63) is 30.1 Å². The molecule has 17 heavy (non-hydrogen) atoms. The summed E-state index contributed by atoms with van der Waals surface area (Å²) >= 11 is 0. The number of hydrogen-bond donors (Lipinski definition) is 1. The normalized spacial score (nSPS) is 14.5. The molecule has 3 heteroatoms. The number of nitrogens with one attached hydrogen (secondary N) is 1. The number of pyridine rings is 1. The highest BCUT2D eigenvalue weighted by Crippen LogP contribution is 2.21. The van der Waals surface area contributed by atoms with Crippen molar-refractivity contribution in [2.75, 3.05) is 13.7 Å². The predicted octanol–water partition coefficient (Wildman–Crippen LogP) is 2.94. The Labute approximate surface area is 105 Å². The second kappa shape index (κ2) is 8.20. The van der Waals surface area contributed by atoms with Crippen molar-refractivity contribution >= 4 is 0 Å². The maximum Gasteiger partial charge on any atom is 0.0766 e. The van der Waals surface area contributed by atoms with Gasteiger partial charge in [0, 0.05) is 19.5 Å². The molecule has 2 unspecified atom stereocenters. The first-order valence-electron chi connectivity index (χ1n) is 6.49. The van der Waals surface area contributed by atoms with Crippen LogP contribution in [0.15, 0.2) is 24.5 Å². The number of nitrogens with zero attached hydrogens (tertiary/aromatic N) is 1. The van der Waals surface area contributed by atoms with Gasteiger partial charge in [0.1, 0.15) is 0 Å². The Hall–Kier alpha value is -0.930. The lowest BCUT2D eigenvalue weighted by molar-refractivity contribution is 0.0605. The standard InChI is InChI=1S/C14H24N2O/c1-4-7-13(17-3)14(16-9-5-2)12-8-6-10-15-11-12/h6,8,10-11,13-14,16H,4-5,7,9H2,1-3H3. The van der Waals surface area contributed by atoms with Gasteiger partial charge in [0.15, 0.2) is 0 Å². The zero-order valence-electron chi connectivity index (χ0n) is 11.1. The van der Waals surface area contributed by atoms with E-state index in [4.69, 9.17) is 4.74 Å². The maximum atomic E-state index is 5.61. The van der Waals surface area contributed by atoms with Crippen molar-refractivity contribution in [1.82, 2.24) is 10.3 Å². The molecule has 1 rings (SSSR count). The molecule has 0 saturated heterocycles. The third kappa shape index (κ3) is 4.44. The molecule has 0 radical (unpaired) electrons. The quantitative estimate of drug-likeness (QED) is 0.753. The van der Waals surface area contributed by atoms with Crippen LogP contribution in [-0.2, 0) is 4.74 Å². The van der Waals surface area contributed by atoms with Gasteiger partial charge in [0.25, 0.3) is 0 Å². The average molecular weight is 236 g/mol. The SMILES string of the molecule is CCCNC(c1cccnc1)C(CCC)OC. The number of rotatable bonds is 8. The summed E-state index contributed by atoms with van der Waals surface area (Å²) in [6.45, 7) is 5.37. The maximum absolute atomic E-state index is 5.61. The molecule has 3 nitrogen and oxygen atoms in total. The summed E-state index contributed by atoms with van der Waals surface area (Å²) in [6, 6.07) is 4.34. The van der Waals surface area contributed by atoms with Crippen LogP contribution in [0.1, 0.15) is 44.7 Å². The molecular formula is C14H24N2O. The molecule has 0 amide bonds. The van der Waals surface area contributed by atoms with Crippen LogP contribution in [0.3, 0.4) is 0 Å². The van der Waals surface area contributed by atoms with Crippen LogP contribution in [0.4, 0.5) is 0 Å². The Morgan fingerprint density at radius 3 is 2.71 bits per heavy atom.